The molecule has 0 radical (unpaired) electrons. The lowest BCUT2D eigenvalue weighted by Gasteiger charge is -2.05. The van der Waals surface area contributed by atoms with Crippen LogP contribution in [0.2, 0.25) is 0 Å². The molecule has 0 spiro atoms. The monoisotopic (exact) mass is 391 g/mol. The minimum Gasteiger partial charge on any atom is -0.435 e. The fourth-order valence-corrected chi connectivity index (χ4v) is 2.53. The van der Waals surface area contributed by atoms with E-state index < -0.39 is 12.6 Å². The normalized spacial score (nSPS) is 10.7. The Hall–Kier alpha value is -3.98. The van der Waals surface area contributed by atoms with Crippen molar-refractivity contribution in [1.29, 1.82) is 5.26 Å². The van der Waals surface area contributed by atoms with Gasteiger partial charge in [0.05, 0.1) is 11.6 Å². The van der Waals surface area contributed by atoms with E-state index in [2.05, 4.69) is 10.8 Å². The molecule has 3 rings (SSSR count). The van der Waals surface area contributed by atoms with Gasteiger partial charge in [-0.3, -0.25) is 0 Å². The van der Waals surface area contributed by atoms with Crippen molar-refractivity contribution < 1.29 is 23.0 Å². The summed E-state index contributed by atoms with van der Waals surface area (Å²) in [5.41, 5.74) is 3.10. The Bertz CT molecular complexity index is 1040. The largest absolute Gasteiger partial charge is 0.435 e. The first kappa shape index (κ1) is 19.8. The van der Waals surface area contributed by atoms with Crippen molar-refractivity contribution in [3.63, 3.8) is 0 Å². The predicted molar refractivity (Wildman–Crippen MR) is 104 cm³/mol. The second-order valence-electron chi connectivity index (χ2n) is 5.92. The molecule has 0 saturated carbocycles. The first-order valence-corrected chi connectivity index (χ1v) is 8.59. The van der Waals surface area contributed by atoms with Crippen LogP contribution in [-0.4, -0.2) is 12.6 Å². The number of nitrogens with zero attached hydrogens (tertiary/aromatic N) is 1. The fourth-order valence-electron chi connectivity index (χ4n) is 2.53. The van der Waals surface area contributed by atoms with E-state index in [1.807, 2.05) is 24.3 Å². The van der Waals surface area contributed by atoms with E-state index in [9.17, 15) is 13.6 Å². The zero-order valence-corrected chi connectivity index (χ0v) is 15.1. The molecule has 6 heteroatoms. The molecule has 0 aliphatic rings. The zero-order valence-electron chi connectivity index (χ0n) is 15.1. The van der Waals surface area contributed by atoms with Gasteiger partial charge in [0.1, 0.15) is 11.5 Å². The highest BCUT2D eigenvalue weighted by Gasteiger charge is 2.04. The van der Waals surface area contributed by atoms with E-state index >= 15 is 0 Å². The van der Waals surface area contributed by atoms with Crippen LogP contribution in [0.4, 0.5) is 8.78 Å². The summed E-state index contributed by atoms with van der Waals surface area (Å²) < 4.78 is 33.8. The van der Waals surface area contributed by atoms with E-state index in [4.69, 9.17) is 10.00 Å². The first-order valence-electron chi connectivity index (χ1n) is 8.59. The number of benzene rings is 3. The maximum absolute atomic E-state index is 12.1. The Kier molecular flexibility index (Phi) is 6.33. The molecule has 0 atom stereocenters. The van der Waals surface area contributed by atoms with Crippen molar-refractivity contribution >= 4 is 12.0 Å². The highest BCUT2D eigenvalue weighted by molar-refractivity contribution is 5.88. The molecule has 0 saturated heterocycles. The lowest BCUT2D eigenvalue weighted by Crippen LogP contribution is -2.03. The molecular formula is C23H15F2NO3. The predicted octanol–water partition coefficient (Wildman–Crippen LogP) is 5.45. The van der Waals surface area contributed by atoms with Crippen LogP contribution in [0.25, 0.3) is 17.2 Å². The first-order chi connectivity index (χ1) is 14.0. The van der Waals surface area contributed by atoms with Gasteiger partial charge in [0, 0.05) is 6.08 Å². The lowest BCUT2D eigenvalue weighted by atomic mass is 10.0. The smallest absolute Gasteiger partial charge is 0.387 e. The number of carbonyl (C=O) groups is 1. The molecule has 3 aromatic carbocycles. The minimum atomic E-state index is -2.88. The summed E-state index contributed by atoms with van der Waals surface area (Å²) >= 11 is 0. The van der Waals surface area contributed by atoms with Crippen molar-refractivity contribution in [3.8, 4) is 28.7 Å². The third-order valence-corrected chi connectivity index (χ3v) is 3.94. The number of alkyl halides is 2. The van der Waals surface area contributed by atoms with Crippen LogP contribution in [0, 0.1) is 11.3 Å². The Morgan fingerprint density at radius 1 is 0.862 bits per heavy atom. The van der Waals surface area contributed by atoms with Gasteiger partial charge in [-0.25, -0.2) is 4.79 Å². The summed E-state index contributed by atoms with van der Waals surface area (Å²) in [6, 6.07) is 22.1. The van der Waals surface area contributed by atoms with Gasteiger partial charge in [-0.05, 0) is 59.2 Å². The van der Waals surface area contributed by atoms with Crippen molar-refractivity contribution in [2.24, 2.45) is 0 Å². The van der Waals surface area contributed by atoms with Crippen LogP contribution in [0.15, 0.2) is 78.9 Å². The lowest BCUT2D eigenvalue weighted by molar-refractivity contribution is -0.128. The van der Waals surface area contributed by atoms with Crippen molar-refractivity contribution in [3.05, 3.63) is 90.0 Å². The standard InChI is InChI=1S/C23H15F2NO3/c24-23(25)29-21-10-3-16(4-11-21)5-14-22(27)28-20-12-8-19(9-13-20)18-6-1-17(15-26)2-7-18/h1-14,23H/b14-5+. The summed E-state index contributed by atoms with van der Waals surface area (Å²) in [7, 11) is 0. The van der Waals surface area contributed by atoms with Gasteiger partial charge >= 0.3 is 12.6 Å². The maximum atomic E-state index is 12.1. The van der Waals surface area contributed by atoms with Gasteiger partial charge in [-0.1, -0.05) is 36.4 Å². The number of hydrogen-bond donors (Lipinski definition) is 0. The van der Waals surface area contributed by atoms with Crippen LogP contribution in [0.5, 0.6) is 11.5 Å². The van der Waals surface area contributed by atoms with Crippen LogP contribution in [0.3, 0.4) is 0 Å². The summed E-state index contributed by atoms with van der Waals surface area (Å²) in [5.74, 6) is -0.135. The fraction of sp³-hybridized carbons (Fsp3) is 0.0435. The van der Waals surface area contributed by atoms with E-state index in [0.29, 0.717) is 16.9 Å². The Balaban J connectivity index is 1.58. The Morgan fingerprint density at radius 3 is 1.97 bits per heavy atom. The van der Waals surface area contributed by atoms with E-state index in [-0.39, 0.29) is 5.75 Å². The molecule has 144 valence electrons. The molecule has 29 heavy (non-hydrogen) atoms. The molecule has 0 amide bonds. The van der Waals surface area contributed by atoms with Gasteiger partial charge in [0.15, 0.2) is 0 Å². The van der Waals surface area contributed by atoms with E-state index in [1.54, 1.807) is 36.4 Å². The second kappa shape index (κ2) is 9.29. The molecule has 0 aromatic heterocycles. The number of carbonyl (C=O) groups excluding carboxylic acids is 1. The van der Waals surface area contributed by atoms with Crippen molar-refractivity contribution in [1.82, 2.24) is 0 Å². The summed E-state index contributed by atoms with van der Waals surface area (Å²) in [6.45, 7) is -2.88. The number of rotatable bonds is 6. The number of hydrogen-bond acceptors (Lipinski definition) is 4. The number of esters is 1. The highest BCUT2D eigenvalue weighted by Crippen LogP contribution is 2.23. The van der Waals surface area contributed by atoms with Gasteiger partial charge < -0.3 is 9.47 Å². The topological polar surface area (TPSA) is 59.3 Å². The quantitative estimate of drug-likeness (QED) is 0.319. The molecular weight excluding hydrogens is 376 g/mol. The molecule has 0 N–H and O–H groups in total. The Morgan fingerprint density at radius 2 is 1.41 bits per heavy atom. The maximum Gasteiger partial charge on any atom is 0.387 e. The SMILES string of the molecule is N#Cc1ccc(-c2ccc(OC(=O)/C=C/c3ccc(OC(F)F)cc3)cc2)cc1. The molecule has 0 aliphatic heterocycles. The van der Waals surface area contributed by atoms with Crippen LogP contribution in [0.1, 0.15) is 11.1 Å². The third kappa shape index (κ3) is 5.75. The molecule has 4 nitrogen and oxygen atoms in total. The third-order valence-electron chi connectivity index (χ3n) is 3.94. The van der Waals surface area contributed by atoms with E-state index in [0.717, 1.165) is 11.1 Å². The second-order valence-corrected chi connectivity index (χ2v) is 5.92. The van der Waals surface area contributed by atoms with Crippen LogP contribution < -0.4 is 9.47 Å². The van der Waals surface area contributed by atoms with E-state index in [1.165, 1.54) is 24.3 Å². The van der Waals surface area contributed by atoms with Crippen LogP contribution >= 0.6 is 0 Å². The molecule has 0 heterocycles. The number of halogens is 2. The number of ether oxygens (including phenoxy) is 2. The van der Waals surface area contributed by atoms with Crippen molar-refractivity contribution in [2.45, 2.75) is 6.61 Å². The average molecular weight is 391 g/mol. The molecule has 0 bridgehead atoms. The minimum absolute atomic E-state index is 0.0436. The van der Waals surface area contributed by atoms with Gasteiger partial charge in [0.25, 0.3) is 0 Å². The van der Waals surface area contributed by atoms with Gasteiger partial charge in [-0.2, -0.15) is 14.0 Å². The van der Waals surface area contributed by atoms with Crippen LogP contribution in [-0.2, 0) is 4.79 Å². The summed E-state index contributed by atoms with van der Waals surface area (Å²) in [4.78, 5) is 12.0. The highest BCUT2D eigenvalue weighted by atomic mass is 19.3. The molecule has 3 aromatic rings. The summed E-state index contributed by atoms with van der Waals surface area (Å²) in [6.07, 6.45) is 2.76. The average Bonchev–Trinajstić information content (AvgIpc) is 2.73. The molecule has 0 fully saturated rings. The molecule has 0 unspecified atom stereocenters. The Labute approximate surface area is 166 Å². The van der Waals surface area contributed by atoms with Gasteiger partial charge in [0.2, 0.25) is 0 Å². The molecule has 0 aliphatic carbocycles. The summed E-state index contributed by atoms with van der Waals surface area (Å²) in [5, 5.41) is 8.84. The zero-order chi connectivity index (χ0) is 20.6. The van der Waals surface area contributed by atoms with Crippen molar-refractivity contribution in [2.75, 3.05) is 0 Å². The van der Waals surface area contributed by atoms with Gasteiger partial charge in [-0.15, -0.1) is 0 Å². The number of nitriles is 1.